The van der Waals surface area contributed by atoms with Crippen LogP contribution in [0.15, 0.2) is 12.1 Å². The molecule has 1 aromatic carbocycles. The number of halogens is 3. The summed E-state index contributed by atoms with van der Waals surface area (Å²) in [5.74, 6) is -0.537. The van der Waals surface area contributed by atoms with Gasteiger partial charge in [0.25, 0.3) is 11.8 Å². The predicted octanol–water partition coefficient (Wildman–Crippen LogP) is 5.18. The molecule has 25 heavy (non-hydrogen) atoms. The Morgan fingerprint density at radius 2 is 1.88 bits per heavy atom. The minimum atomic E-state index is -0.550. The second-order valence-corrected chi connectivity index (χ2v) is 8.39. The van der Waals surface area contributed by atoms with E-state index in [1.54, 1.807) is 0 Å². The van der Waals surface area contributed by atoms with Crippen LogP contribution >= 0.6 is 46.1 Å². The Morgan fingerprint density at radius 3 is 2.56 bits per heavy atom. The SMILES string of the molecule is CC1CCc2c(sc(NC(=O)c3c(Cl)ccc(Cl)c3Cl)c2C(N)=O)C1. The summed E-state index contributed by atoms with van der Waals surface area (Å²) in [4.78, 5) is 25.7. The van der Waals surface area contributed by atoms with Gasteiger partial charge in [-0.1, -0.05) is 41.7 Å². The number of nitrogens with two attached hydrogens (primary N) is 1. The average molecular weight is 418 g/mol. The summed E-state index contributed by atoms with van der Waals surface area (Å²) in [7, 11) is 0. The smallest absolute Gasteiger partial charge is 0.259 e. The lowest BCUT2D eigenvalue weighted by atomic mass is 9.88. The molecule has 2 amide bonds. The van der Waals surface area contributed by atoms with Gasteiger partial charge in [-0.3, -0.25) is 9.59 Å². The third-order valence-corrected chi connectivity index (χ3v) is 6.55. The van der Waals surface area contributed by atoms with Crippen molar-refractivity contribution in [3.8, 4) is 0 Å². The van der Waals surface area contributed by atoms with Gasteiger partial charge in [0.2, 0.25) is 0 Å². The topological polar surface area (TPSA) is 72.2 Å². The highest BCUT2D eigenvalue weighted by Crippen LogP contribution is 2.40. The zero-order valence-corrected chi connectivity index (χ0v) is 16.4. The first-order chi connectivity index (χ1) is 11.8. The fourth-order valence-corrected chi connectivity index (χ4v) is 5.11. The van der Waals surface area contributed by atoms with Crippen molar-refractivity contribution in [2.24, 2.45) is 11.7 Å². The molecule has 2 aromatic rings. The van der Waals surface area contributed by atoms with Gasteiger partial charge in [-0.2, -0.15) is 0 Å². The van der Waals surface area contributed by atoms with Gasteiger partial charge in [0.15, 0.2) is 0 Å². The first kappa shape index (κ1) is 18.5. The number of anilines is 1. The summed E-state index contributed by atoms with van der Waals surface area (Å²) in [5.41, 5.74) is 6.96. The highest BCUT2D eigenvalue weighted by molar-refractivity contribution is 7.17. The molecule has 0 fully saturated rings. The van der Waals surface area contributed by atoms with Crippen molar-refractivity contribution in [3.05, 3.63) is 48.8 Å². The van der Waals surface area contributed by atoms with E-state index in [1.807, 2.05) is 0 Å². The second-order valence-electron chi connectivity index (χ2n) is 6.09. The van der Waals surface area contributed by atoms with Gasteiger partial charge < -0.3 is 11.1 Å². The van der Waals surface area contributed by atoms with Crippen LogP contribution in [0.2, 0.25) is 15.1 Å². The Hall–Kier alpha value is -1.27. The maximum atomic E-state index is 12.7. The van der Waals surface area contributed by atoms with Crippen LogP contribution in [-0.4, -0.2) is 11.8 Å². The molecule has 8 heteroatoms. The summed E-state index contributed by atoms with van der Waals surface area (Å²) in [6.07, 6.45) is 2.64. The molecule has 3 rings (SSSR count). The molecular formula is C17H15Cl3N2O2S. The van der Waals surface area contributed by atoms with Crippen LogP contribution in [-0.2, 0) is 12.8 Å². The van der Waals surface area contributed by atoms with Crippen molar-refractivity contribution in [2.75, 3.05) is 5.32 Å². The van der Waals surface area contributed by atoms with Crippen LogP contribution in [0.25, 0.3) is 0 Å². The van der Waals surface area contributed by atoms with Crippen molar-refractivity contribution in [2.45, 2.75) is 26.2 Å². The molecule has 0 bridgehead atoms. The molecule has 0 spiro atoms. The number of fused-ring (bicyclic) bond motifs is 1. The Morgan fingerprint density at radius 1 is 1.20 bits per heavy atom. The molecule has 1 heterocycles. The molecule has 1 aliphatic rings. The van der Waals surface area contributed by atoms with Crippen LogP contribution < -0.4 is 11.1 Å². The Labute approximate surface area is 164 Å². The maximum absolute atomic E-state index is 12.7. The summed E-state index contributed by atoms with van der Waals surface area (Å²) in [6, 6.07) is 3.02. The Kier molecular flexibility index (Phi) is 5.30. The van der Waals surface area contributed by atoms with Gasteiger partial charge in [-0.05, 0) is 42.9 Å². The van der Waals surface area contributed by atoms with Crippen LogP contribution in [0.5, 0.6) is 0 Å². The lowest BCUT2D eigenvalue weighted by molar-refractivity contribution is 0.1000. The molecule has 0 aliphatic heterocycles. The summed E-state index contributed by atoms with van der Waals surface area (Å²) in [5, 5.41) is 3.66. The predicted molar refractivity (Wildman–Crippen MR) is 103 cm³/mol. The molecule has 0 saturated heterocycles. The second kappa shape index (κ2) is 7.16. The van der Waals surface area contributed by atoms with E-state index < -0.39 is 11.8 Å². The monoisotopic (exact) mass is 416 g/mol. The van der Waals surface area contributed by atoms with Crippen molar-refractivity contribution < 1.29 is 9.59 Å². The van der Waals surface area contributed by atoms with Gasteiger partial charge in [-0.15, -0.1) is 11.3 Å². The number of nitrogens with one attached hydrogen (secondary N) is 1. The lowest BCUT2D eigenvalue weighted by Crippen LogP contribution is -2.19. The number of hydrogen-bond acceptors (Lipinski definition) is 3. The number of thiophene rings is 1. The van der Waals surface area contributed by atoms with E-state index in [0.29, 0.717) is 16.5 Å². The molecule has 0 radical (unpaired) electrons. The number of primary amides is 1. The van der Waals surface area contributed by atoms with Crippen molar-refractivity contribution in [3.63, 3.8) is 0 Å². The van der Waals surface area contributed by atoms with E-state index in [4.69, 9.17) is 40.5 Å². The Bertz CT molecular complexity index is 879. The molecule has 132 valence electrons. The molecule has 1 aliphatic carbocycles. The van der Waals surface area contributed by atoms with Crippen molar-refractivity contribution in [1.82, 2.24) is 0 Å². The van der Waals surface area contributed by atoms with Crippen LogP contribution in [0.1, 0.15) is 44.5 Å². The van der Waals surface area contributed by atoms with Crippen LogP contribution in [0.4, 0.5) is 5.00 Å². The van der Waals surface area contributed by atoms with Crippen LogP contribution in [0, 0.1) is 5.92 Å². The first-order valence-electron chi connectivity index (χ1n) is 7.68. The van der Waals surface area contributed by atoms with Crippen molar-refractivity contribution in [1.29, 1.82) is 0 Å². The largest absolute Gasteiger partial charge is 0.365 e. The van der Waals surface area contributed by atoms with Crippen LogP contribution in [0.3, 0.4) is 0 Å². The standard InChI is InChI=1S/C17H15Cl3N2O2S/c1-7-2-3-8-11(6-7)25-17(12(8)15(21)23)22-16(24)13-9(18)4-5-10(19)14(13)20/h4-5,7H,2-3,6H2,1H3,(H2,21,23)(H,22,24). The number of carbonyl (C=O) groups excluding carboxylic acids is 2. The molecule has 4 nitrogen and oxygen atoms in total. The number of benzene rings is 1. The lowest BCUT2D eigenvalue weighted by Gasteiger charge is -2.18. The Balaban J connectivity index is 2.00. The van der Waals surface area contributed by atoms with Gasteiger partial charge in [0.05, 0.1) is 26.2 Å². The van der Waals surface area contributed by atoms with E-state index in [2.05, 4.69) is 12.2 Å². The van der Waals surface area contributed by atoms with Gasteiger partial charge in [-0.25, -0.2) is 0 Å². The number of carbonyl (C=O) groups is 2. The van der Waals surface area contributed by atoms with Gasteiger partial charge >= 0.3 is 0 Å². The zero-order chi connectivity index (χ0) is 18.3. The summed E-state index contributed by atoms with van der Waals surface area (Å²) < 4.78 is 0. The fraction of sp³-hybridized carbons (Fsp3) is 0.294. The van der Waals surface area contributed by atoms with Crippen molar-refractivity contribution >= 4 is 63.0 Å². The number of amides is 2. The van der Waals surface area contributed by atoms with E-state index >= 15 is 0 Å². The average Bonchev–Trinajstić information content (AvgIpc) is 2.88. The normalized spacial score (nSPS) is 16.4. The number of hydrogen-bond donors (Lipinski definition) is 2. The molecule has 0 saturated carbocycles. The molecule has 1 unspecified atom stereocenters. The highest BCUT2D eigenvalue weighted by Gasteiger charge is 2.28. The number of rotatable bonds is 3. The van der Waals surface area contributed by atoms with E-state index in [1.165, 1.54) is 23.5 Å². The zero-order valence-electron chi connectivity index (χ0n) is 13.3. The third-order valence-electron chi connectivity index (χ3n) is 4.26. The fourth-order valence-electron chi connectivity index (χ4n) is 3.00. The van der Waals surface area contributed by atoms with E-state index in [9.17, 15) is 9.59 Å². The van der Waals surface area contributed by atoms with Gasteiger partial charge in [0.1, 0.15) is 5.00 Å². The molecular weight excluding hydrogens is 403 g/mol. The quantitative estimate of drug-likeness (QED) is 0.675. The minimum Gasteiger partial charge on any atom is -0.365 e. The minimum absolute atomic E-state index is 0.0715. The van der Waals surface area contributed by atoms with Gasteiger partial charge in [0, 0.05) is 4.88 Å². The molecule has 1 aromatic heterocycles. The molecule has 1 atom stereocenters. The highest BCUT2D eigenvalue weighted by atomic mass is 35.5. The first-order valence-corrected chi connectivity index (χ1v) is 9.63. The van der Waals surface area contributed by atoms with E-state index in [-0.39, 0.29) is 20.6 Å². The third kappa shape index (κ3) is 3.51. The summed E-state index contributed by atoms with van der Waals surface area (Å²) >= 11 is 19.6. The molecule has 3 N–H and O–H groups in total. The summed E-state index contributed by atoms with van der Waals surface area (Å²) in [6.45, 7) is 2.16. The van der Waals surface area contributed by atoms with E-state index in [0.717, 1.165) is 29.7 Å². The maximum Gasteiger partial charge on any atom is 0.259 e.